The number of amidine groups is 1. The molecule has 2 aromatic rings. The van der Waals surface area contributed by atoms with Crippen LogP contribution in [0.1, 0.15) is 24.8 Å². The maximum absolute atomic E-state index is 12.2. The average molecular weight is 368 g/mol. The summed E-state index contributed by atoms with van der Waals surface area (Å²) < 4.78 is 5.44. The summed E-state index contributed by atoms with van der Waals surface area (Å²) >= 11 is 1.39. The molecule has 1 atom stereocenters. The van der Waals surface area contributed by atoms with E-state index in [2.05, 4.69) is 9.89 Å². The van der Waals surface area contributed by atoms with E-state index in [-0.39, 0.29) is 24.9 Å². The van der Waals surface area contributed by atoms with Crippen LogP contribution < -0.4 is 0 Å². The van der Waals surface area contributed by atoms with Gasteiger partial charge in [-0.2, -0.15) is 4.99 Å². The Hall–Kier alpha value is -2.34. The number of carbonyl (C=O) groups is 2. The van der Waals surface area contributed by atoms with Crippen LogP contribution in [0.3, 0.4) is 0 Å². The number of thioether (sulfide) groups is 1. The minimum Gasteiger partial charge on any atom is -0.461 e. The van der Waals surface area contributed by atoms with E-state index >= 15 is 0 Å². The molecule has 0 spiro atoms. The Bertz CT molecular complexity index is 869. The van der Waals surface area contributed by atoms with Gasteiger partial charge in [-0.05, 0) is 29.2 Å². The molecule has 4 rings (SSSR count). The summed E-state index contributed by atoms with van der Waals surface area (Å²) in [6, 6.07) is 14.0. The third-order valence-electron chi connectivity index (χ3n) is 4.73. The number of hydrogen-bond donors (Lipinski definition) is 0. The first kappa shape index (κ1) is 17.1. The van der Waals surface area contributed by atoms with Crippen LogP contribution in [0.15, 0.2) is 47.5 Å². The van der Waals surface area contributed by atoms with Crippen molar-refractivity contribution < 1.29 is 14.3 Å². The SMILES string of the molecule is O=C(C[C@@H]1SC(N2CCCC2)=NC1=O)OCc1cccc2ccccc12. The molecule has 2 aliphatic rings. The molecule has 0 N–H and O–H groups in total. The molecule has 0 aromatic heterocycles. The van der Waals surface area contributed by atoms with Gasteiger partial charge in [-0.15, -0.1) is 0 Å². The number of nitrogens with zero attached hydrogens (tertiary/aromatic N) is 2. The van der Waals surface area contributed by atoms with E-state index in [0.29, 0.717) is 0 Å². The number of carbonyl (C=O) groups excluding carboxylic acids is 2. The molecule has 2 aromatic carbocycles. The van der Waals surface area contributed by atoms with E-state index in [1.54, 1.807) is 0 Å². The highest BCUT2D eigenvalue weighted by Gasteiger charge is 2.34. The number of ether oxygens (including phenoxy) is 1. The largest absolute Gasteiger partial charge is 0.461 e. The van der Waals surface area contributed by atoms with E-state index < -0.39 is 5.25 Å². The monoisotopic (exact) mass is 368 g/mol. The van der Waals surface area contributed by atoms with Crippen molar-refractivity contribution in [2.75, 3.05) is 13.1 Å². The van der Waals surface area contributed by atoms with Gasteiger partial charge in [0, 0.05) is 13.1 Å². The fourth-order valence-corrected chi connectivity index (χ4v) is 4.44. The fourth-order valence-electron chi connectivity index (χ4n) is 3.34. The summed E-state index contributed by atoms with van der Waals surface area (Å²) in [5.41, 5.74) is 0.968. The summed E-state index contributed by atoms with van der Waals surface area (Å²) in [5, 5.41) is 2.50. The molecular formula is C20H20N2O3S. The molecule has 134 valence electrons. The van der Waals surface area contributed by atoms with Gasteiger partial charge in [-0.3, -0.25) is 9.59 Å². The van der Waals surface area contributed by atoms with Crippen LogP contribution in [0.5, 0.6) is 0 Å². The molecule has 0 unspecified atom stereocenters. The zero-order valence-corrected chi connectivity index (χ0v) is 15.2. The zero-order valence-electron chi connectivity index (χ0n) is 14.4. The topological polar surface area (TPSA) is 59.0 Å². The van der Waals surface area contributed by atoms with Gasteiger partial charge in [0.15, 0.2) is 5.17 Å². The molecule has 0 aliphatic carbocycles. The van der Waals surface area contributed by atoms with Crippen LogP contribution >= 0.6 is 11.8 Å². The third kappa shape index (κ3) is 3.60. The number of aliphatic imine (C=N–C) groups is 1. The Kier molecular flexibility index (Phi) is 4.93. The van der Waals surface area contributed by atoms with Gasteiger partial charge in [0.05, 0.1) is 6.42 Å². The van der Waals surface area contributed by atoms with E-state index in [4.69, 9.17) is 4.74 Å². The quantitative estimate of drug-likeness (QED) is 0.775. The summed E-state index contributed by atoms with van der Waals surface area (Å²) in [6.45, 7) is 2.10. The van der Waals surface area contributed by atoms with Crippen LogP contribution in [0.4, 0.5) is 0 Å². The van der Waals surface area contributed by atoms with Crippen LogP contribution in [-0.2, 0) is 20.9 Å². The normalized spacial score (nSPS) is 19.8. The van der Waals surface area contributed by atoms with Crippen molar-refractivity contribution in [3.63, 3.8) is 0 Å². The molecular weight excluding hydrogens is 348 g/mol. The predicted octanol–water partition coefficient (Wildman–Crippen LogP) is 3.37. The van der Waals surface area contributed by atoms with Gasteiger partial charge in [0.2, 0.25) is 0 Å². The molecule has 0 radical (unpaired) electrons. The second-order valence-electron chi connectivity index (χ2n) is 6.54. The number of esters is 1. The summed E-state index contributed by atoms with van der Waals surface area (Å²) in [4.78, 5) is 30.6. The average Bonchev–Trinajstić information content (AvgIpc) is 3.30. The Balaban J connectivity index is 1.34. The highest BCUT2D eigenvalue weighted by atomic mass is 32.2. The smallest absolute Gasteiger partial charge is 0.307 e. The highest BCUT2D eigenvalue weighted by Crippen LogP contribution is 2.29. The standard InChI is InChI=1S/C20H20N2O3S/c23-18(12-17-19(24)21-20(26-17)22-10-3-4-11-22)25-13-15-8-5-7-14-6-1-2-9-16(14)15/h1-2,5-9,17H,3-4,10-13H2/t17-/m0/s1. The van der Waals surface area contributed by atoms with Gasteiger partial charge in [0.25, 0.3) is 5.91 Å². The Morgan fingerprint density at radius 2 is 1.92 bits per heavy atom. The molecule has 5 nitrogen and oxygen atoms in total. The first-order chi connectivity index (χ1) is 12.7. The lowest BCUT2D eigenvalue weighted by Crippen LogP contribution is -2.24. The molecule has 1 amide bonds. The fraction of sp³-hybridized carbons (Fsp3) is 0.350. The second-order valence-corrected chi connectivity index (χ2v) is 7.71. The molecule has 2 aliphatic heterocycles. The Morgan fingerprint density at radius 3 is 2.77 bits per heavy atom. The molecule has 0 bridgehead atoms. The van der Waals surface area contributed by atoms with Crippen molar-refractivity contribution in [2.45, 2.75) is 31.1 Å². The summed E-state index contributed by atoms with van der Waals surface area (Å²) in [5.74, 6) is -0.583. The highest BCUT2D eigenvalue weighted by molar-refractivity contribution is 8.15. The molecule has 1 saturated heterocycles. The second kappa shape index (κ2) is 7.50. The minimum atomic E-state index is -0.453. The lowest BCUT2D eigenvalue weighted by atomic mass is 10.1. The third-order valence-corrected chi connectivity index (χ3v) is 5.94. The van der Waals surface area contributed by atoms with Crippen LogP contribution in [-0.4, -0.2) is 40.3 Å². The van der Waals surface area contributed by atoms with Gasteiger partial charge in [0.1, 0.15) is 11.9 Å². The maximum Gasteiger partial charge on any atom is 0.307 e. The van der Waals surface area contributed by atoms with E-state index in [1.807, 2.05) is 42.5 Å². The summed E-state index contributed by atoms with van der Waals surface area (Å²) in [7, 11) is 0. The number of fused-ring (bicyclic) bond motifs is 1. The Morgan fingerprint density at radius 1 is 1.15 bits per heavy atom. The number of amides is 1. The lowest BCUT2D eigenvalue weighted by Gasteiger charge is -2.16. The zero-order chi connectivity index (χ0) is 17.9. The van der Waals surface area contributed by atoms with Crippen LogP contribution in [0.25, 0.3) is 10.8 Å². The van der Waals surface area contributed by atoms with E-state index in [9.17, 15) is 9.59 Å². The number of hydrogen-bond acceptors (Lipinski definition) is 5. The lowest BCUT2D eigenvalue weighted by molar-refractivity contribution is -0.145. The van der Waals surface area contributed by atoms with Crippen molar-refractivity contribution >= 4 is 39.6 Å². The van der Waals surface area contributed by atoms with Gasteiger partial charge < -0.3 is 9.64 Å². The molecule has 1 fully saturated rings. The van der Waals surface area contributed by atoms with Crippen molar-refractivity contribution in [3.05, 3.63) is 48.0 Å². The van der Waals surface area contributed by atoms with Gasteiger partial charge >= 0.3 is 5.97 Å². The van der Waals surface area contributed by atoms with Crippen LogP contribution in [0.2, 0.25) is 0 Å². The molecule has 0 saturated carbocycles. The van der Waals surface area contributed by atoms with Crippen molar-refractivity contribution in [2.24, 2.45) is 4.99 Å². The molecule has 6 heteroatoms. The van der Waals surface area contributed by atoms with Crippen molar-refractivity contribution in [1.82, 2.24) is 4.90 Å². The van der Waals surface area contributed by atoms with E-state index in [0.717, 1.165) is 47.4 Å². The van der Waals surface area contributed by atoms with E-state index in [1.165, 1.54) is 11.8 Å². The van der Waals surface area contributed by atoms with Crippen molar-refractivity contribution in [1.29, 1.82) is 0 Å². The predicted molar refractivity (Wildman–Crippen MR) is 103 cm³/mol. The Labute approximate surface area is 156 Å². The van der Waals surface area contributed by atoms with Crippen molar-refractivity contribution in [3.8, 4) is 0 Å². The van der Waals surface area contributed by atoms with Gasteiger partial charge in [-0.25, -0.2) is 0 Å². The minimum absolute atomic E-state index is 0.0646. The summed E-state index contributed by atoms with van der Waals surface area (Å²) in [6.07, 6.45) is 2.33. The number of benzene rings is 2. The maximum atomic E-state index is 12.2. The molecule has 2 heterocycles. The van der Waals surface area contributed by atoms with Gasteiger partial charge in [-0.1, -0.05) is 54.2 Å². The number of rotatable bonds is 4. The van der Waals surface area contributed by atoms with Crippen LogP contribution in [0, 0.1) is 0 Å². The molecule has 26 heavy (non-hydrogen) atoms. The number of likely N-dealkylation sites (tertiary alicyclic amines) is 1. The first-order valence-corrected chi connectivity index (χ1v) is 9.75. The first-order valence-electron chi connectivity index (χ1n) is 8.87.